The molecule has 1 aliphatic rings. The number of aromatic nitrogens is 1. The maximum atomic E-state index is 5.71. The van der Waals surface area contributed by atoms with E-state index in [4.69, 9.17) is 9.47 Å². The van der Waals surface area contributed by atoms with E-state index in [9.17, 15) is 0 Å². The van der Waals surface area contributed by atoms with Crippen LogP contribution in [0.5, 0.6) is 11.5 Å². The molecule has 0 fully saturated rings. The normalized spacial score (nSPS) is 13.8. The predicted molar refractivity (Wildman–Crippen MR) is 83.2 cm³/mol. The standard InChI is InChI=1S/C16H18N2O2S/c1-17-10-12-3-6-16(18-11-12)21-13-4-5-14-15(9-13)20-8-2-7-19-14/h3-6,9,11,17H,2,7-8,10H2,1H3. The Morgan fingerprint density at radius 1 is 1.14 bits per heavy atom. The van der Waals surface area contributed by atoms with E-state index in [-0.39, 0.29) is 0 Å². The van der Waals surface area contributed by atoms with Gasteiger partial charge in [0.15, 0.2) is 11.5 Å². The second kappa shape index (κ2) is 6.83. The van der Waals surface area contributed by atoms with E-state index >= 15 is 0 Å². The summed E-state index contributed by atoms with van der Waals surface area (Å²) in [5.41, 5.74) is 1.18. The Bertz CT molecular complexity index is 602. The quantitative estimate of drug-likeness (QED) is 0.940. The minimum Gasteiger partial charge on any atom is -0.490 e. The Kier molecular flexibility index (Phi) is 4.62. The molecule has 3 rings (SSSR count). The summed E-state index contributed by atoms with van der Waals surface area (Å²) < 4.78 is 11.4. The average Bonchev–Trinajstić information content (AvgIpc) is 2.74. The van der Waals surface area contributed by atoms with E-state index in [1.165, 1.54) is 5.56 Å². The fourth-order valence-corrected chi connectivity index (χ4v) is 2.89. The van der Waals surface area contributed by atoms with Gasteiger partial charge in [0, 0.05) is 24.1 Å². The van der Waals surface area contributed by atoms with E-state index in [1.54, 1.807) is 11.8 Å². The molecular formula is C16H18N2O2S. The molecule has 1 aromatic heterocycles. The molecule has 0 atom stereocenters. The number of ether oxygens (including phenoxy) is 2. The number of hydrogen-bond acceptors (Lipinski definition) is 5. The third kappa shape index (κ3) is 3.68. The highest BCUT2D eigenvalue weighted by Gasteiger charge is 2.11. The van der Waals surface area contributed by atoms with Crippen LogP contribution >= 0.6 is 11.8 Å². The molecule has 4 nitrogen and oxygen atoms in total. The van der Waals surface area contributed by atoms with Crippen LogP contribution in [-0.4, -0.2) is 25.2 Å². The first-order chi connectivity index (χ1) is 10.3. The summed E-state index contributed by atoms with van der Waals surface area (Å²) in [6, 6.07) is 10.2. The van der Waals surface area contributed by atoms with Gasteiger partial charge in [-0.25, -0.2) is 4.98 Å². The lowest BCUT2D eigenvalue weighted by molar-refractivity contribution is 0.297. The molecule has 0 amide bonds. The van der Waals surface area contributed by atoms with Crippen molar-refractivity contribution in [2.75, 3.05) is 20.3 Å². The monoisotopic (exact) mass is 302 g/mol. The molecule has 1 aromatic carbocycles. The SMILES string of the molecule is CNCc1ccc(Sc2ccc3c(c2)OCCCO3)nc1. The zero-order chi connectivity index (χ0) is 14.5. The van der Waals surface area contributed by atoms with Crippen molar-refractivity contribution in [3.8, 4) is 11.5 Å². The van der Waals surface area contributed by atoms with Crippen LogP contribution in [-0.2, 0) is 6.54 Å². The second-order valence-corrected chi connectivity index (χ2v) is 5.89. The van der Waals surface area contributed by atoms with Gasteiger partial charge >= 0.3 is 0 Å². The average molecular weight is 302 g/mol. The molecule has 1 N–H and O–H groups in total. The van der Waals surface area contributed by atoms with Gasteiger partial charge in [0.05, 0.1) is 13.2 Å². The molecule has 21 heavy (non-hydrogen) atoms. The van der Waals surface area contributed by atoms with Gasteiger partial charge in [0.25, 0.3) is 0 Å². The summed E-state index contributed by atoms with van der Waals surface area (Å²) in [6.07, 6.45) is 2.83. The maximum Gasteiger partial charge on any atom is 0.162 e. The molecule has 0 spiro atoms. The van der Waals surface area contributed by atoms with Crippen molar-refractivity contribution in [3.05, 3.63) is 42.1 Å². The van der Waals surface area contributed by atoms with Gasteiger partial charge in [-0.05, 0) is 36.9 Å². The van der Waals surface area contributed by atoms with Gasteiger partial charge in [-0.1, -0.05) is 17.8 Å². The first kappa shape index (κ1) is 14.2. The first-order valence-corrected chi connectivity index (χ1v) is 7.84. The third-order valence-corrected chi connectivity index (χ3v) is 4.06. The summed E-state index contributed by atoms with van der Waals surface area (Å²) in [5.74, 6) is 1.65. The number of nitrogens with one attached hydrogen (secondary N) is 1. The Balaban J connectivity index is 1.73. The minimum absolute atomic E-state index is 0.706. The third-order valence-electron chi connectivity index (χ3n) is 3.12. The summed E-state index contributed by atoms with van der Waals surface area (Å²) in [7, 11) is 1.93. The maximum absolute atomic E-state index is 5.71. The lowest BCUT2D eigenvalue weighted by atomic mass is 10.3. The molecule has 2 heterocycles. The van der Waals surface area contributed by atoms with Crippen LogP contribution in [0.25, 0.3) is 0 Å². The van der Waals surface area contributed by atoms with E-state index < -0.39 is 0 Å². The molecule has 0 saturated carbocycles. The molecule has 0 saturated heterocycles. The van der Waals surface area contributed by atoms with Crippen LogP contribution in [0.4, 0.5) is 0 Å². The molecule has 0 bridgehead atoms. The van der Waals surface area contributed by atoms with Crippen LogP contribution < -0.4 is 14.8 Å². The topological polar surface area (TPSA) is 43.4 Å². The fraction of sp³-hybridized carbons (Fsp3) is 0.312. The van der Waals surface area contributed by atoms with E-state index in [0.29, 0.717) is 13.2 Å². The number of fused-ring (bicyclic) bond motifs is 1. The van der Waals surface area contributed by atoms with Crippen molar-refractivity contribution in [3.63, 3.8) is 0 Å². The molecule has 0 aliphatic carbocycles. The highest BCUT2D eigenvalue weighted by atomic mass is 32.2. The Hall–Kier alpha value is -1.72. The highest BCUT2D eigenvalue weighted by molar-refractivity contribution is 7.99. The van der Waals surface area contributed by atoms with E-state index in [1.807, 2.05) is 37.5 Å². The molecule has 0 unspecified atom stereocenters. The van der Waals surface area contributed by atoms with Crippen molar-refractivity contribution < 1.29 is 9.47 Å². The number of rotatable bonds is 4. The van der Waals surface area contributed by atoms with Gasteiger partial charge in [0.1, 0.15) is 5.03 Å². The largest absolute Gasteiger partial charge is 0.490 e. The van der Waals surface area contributed by atoms with Gasteiger partial charge in [-0.3, -0.25) is 0 Å². The second-order valence-electron chi connectivity index (χ2n) is 4.80. The fourth-order valence-electron chi connectivity index (χ4n) is 2.11. The van der Waals surface area contributed by atoms with E-state index in [0.717, 1.165) is 34.4 Å². The minimum atomic E-state index is 0.706. The van der Waals surface area contributed by atoms with Crippen molar-refractivity contribution in [2.24, 2.45) is 0 Å². The lowest BCUT2D eigenvalue weighted by Crippen LogP contribution is -2.04. The number of benzene rings is 1. The van der Waals surface area contributed by atoms with Gasteiger partial charge in [-0.15, -0.1) is 0 Å². The molecule has 110 valence electrons. The van der Waals surface area contributed by atoms with Crippen LogP contribution in [0.15, 0.2) is 46.5 Å². The van der Waals surface area contributed by atoms with Crippen molar-refractivity contribution in [1.82, 2.24) is 10.3 Å². The first-order valence-electron chi connectivity index (χ1n) is 7.02. The highest BCUT2D eigenvalue weighted by Crippen LogP contribution is 2.35. The zero-order valence-corrected chi connectivity index (χ0v) is 12.8. The molecule has 0 radical (unpaired) electrons. The Morgan fingerprint density at radius 3 is 2.76 bits per heavy atom. The molecule has 2 aromatic rings. The molecule has 5 heteroatoms. The summed E-state index contributed by atoms with van der Waals surface area (Å²) in [5, 5.41) is 4.09. The number of nitrogens with zero attached hydrogens (tertiary/aromatic N) is 1. The van der Waals surface area contributed by atoms with Crippen LogP contribution in [0.2, 0.25) is 0 Å². The van der Waals surface area contributed by atoms with Gasteiger partial charge < -0.3 is 14.8 Å². The van der Waals surface area contributed by atoms with Crippen LogP contribution in [0, 0.1) is 0 Å². The lowest BCUT2D eigenvalue weighted by Gasteiger charge is -2.09. The van der Waals surface area contributed by atoms with Gasteiger partial charge in [0.2, 0.25) is 0 Å². The summed E-state index contributed by atoms with van der Waals surface area (Å²) in [4.78, 5) is 5.58. The zero-order valence-electron chi connectivity index (χ0n) is 12.0. The van der Waals surface area contributed by atoms with Crippen LogP contribution in [0.3, 0.4) is 0 Å². The number of hydrogen-bond donors (Lipinski definition) is 1. The van der Waals surface area contributed by atoms with Crippen molar-refractivity contribution in [1.29, 1.82) is 0 Å². The van der Waals surface area contributed by atoms with Gasteiger partial charge in [-0.2, -0.15) is 0 Å². The van der Waals surface area contributed by atoms with Crippen molar-refractivity contribution in [2.45, 2.75) is 22.9 Å². The smallest absolute Gasteiger partial charge is 0.162 e. The number of pyridine rings is 1. The van der Waals surface area contributed by atoms with E-state index in [2.05, 4.69) is 16.4 Å². The van der Waals surface area contributed by atoms with Crippen molar-refractivity contribution >= 4 is 11.8 Å². The summed E-state index contributed by atoms with van der Waals surface area (Å²) in [6.45, 7) is 2.26. The molecule has 1 aliphatic heterocycles. The molecular weight excluding hydrogens is 284 g/mol. The van der Waals surface area contributed by atoms with Crippen LogP contribution in [0.1, 0.15) is 12.0 Å². The Labute approximate surface area is 128 Å². The summed E-state index contributed by atoms with van der Waals surface area (Å²) >= 11 is 1.63. The predicted octanol–water partition coefficient (Wildman–Crippen LogP) is 3.11. The Morgan fingerprint density at radius 2 is 2.00 bits per heavy atom.